The van der Waals surface area contributed by atoms with E-state index < -0.39 is 0 Å². The van der Waals surface area contributed by atoms with Gasteiger partial charge in [0.25, 0.3) is 0 Å². The predicted octanol–water partition coefficient (Wildman–Crippen LogP) is 3.49. The summed E-state index contributed by atoms with van der Waals surface area (Å²) >= 11 is 0. The second kappa shape index (κ2) is 8.98. The van der Waals surface area contributed by atoms with E-state index in [0.29, 0.717) is 0 Å². The van der Waals surface area contributed by atoms with Crippen LogP contribution < -0.4 is 5.32 Å². The third-order valence-corrected chi connectivity index (χ3v) is 5.84. The Labute approximate surface area is 178 Å². The van der Waals surface area contributed by atoms with Crippen molar-refractivity contribution in [1.29, 1.82) is 0 Å². The van der Waals surface area contributed by atoms with Crippen molar-refractivity contribution in [3.63, 3.8) is 0 Å². The number of carbonyl (C=O) groups is 1. The van der Waals surface area contributed by atoms with Gasteiger partial charge < -0.3 is 9.88 Å². The van der Waals surface area contributed by atoms with Gasteiger partial charge in [0.2, 0.25) is 5.91 Å². The highest BCUT2D eigenvalue weighted by molar-refractivity contribution is 5.94. The highest BCUT2D eigenvalue weighted by atomic mass is 16.1. The number of hydrogen-bond acceptors (Lipinski definition) is 4. The number of amides is 1. The van der Waals surface area contributed by atoms with Gasteiger partial charge in [-0.25, -0.2) is 4.98 Å². The third kappa shape index (κ3) is 4.71. The van der Waals surface area contributed by atoms with Crippen molar-refractivity contribution in [3.05, 3.63) is 59.9 Å². The SMILES string of the molecule is CC(C)C(=O)Nc1ccc2c(c1)nc(CN1CCN(Cc3ccccc3)CC1)n2C. The van der Waals surface area contributed by atoms with Crippen LogP contribution in [0.2, 0.25) is 0 Å². The topological polar surface area (TPSA) is 53.4 Å². The molecule has 1 fully saturated rings. The number of piperazine rings is 1. The van der Waals surface area contributed by atoms with Crippen LogP contribution in [0, 0.1) is 5.92 Å². The van der Waals surface area contributed by atoms with Gasteiger partial charge in [0.1, 0.15) is 5.82 Å². The van der Waals surface area contributed by atoms with Crippen LogP contribution >= 0.6 is 0 Å². The Morgan fingerprint density at radius 1 is 1.00 bits per heavy atom. The first-order chi connectivity index (χ1) is 14.5. The van der Waals surface area contributed by atoms with Crippen molar-refractivity contribution in [2.24, 2.45) is 13.0 Å². The van der Waals surface area contributed by atoms with Crippen LogP contribution in [0.25, 0.3) is 11.0 Å². The summed E-state index contributed by atoms with van der Waals surface area (Å²) in [7, 11) is 2.07. The number of rotatable bonds is 6. The maximum atomic E-state index is 12.0. The first-order valence-electron chi connectivity index (χ1n) is 10.7. The van der Waals surface area contributed by atoms with Gasteiger partial charge in [0, 0.05) is 51.4 Å². The van der Waals surface area contributed by atoms with E-state index in [2.05, 4.69) is 57.1 Å². The molecule has 30 heavy (non-hydrogen) atoms. The quantitative estimate of drug-likeness (QED) is 0.682. The van der Waals surface area contributed by atoms with Crippen molar-refractivity contribution in [3.8, 4) is 0 Å². The summed E-state index contributed by atoms with van der Waals surface area (Å²) in [6.45, 7) is 9.90. The fourth-order valence-corrected chi connectivity index (χ4v) is 3.90. The van der Waals surface area contributed by atoms with Gasteiger partial charge in [0.05, 0.1) is 17.6 Å². The van der Waals surface area contributed by atoms with Crippen molar-refractivity contribution >= 4 is 22.6 Å². The summed E-state index contributed by atoms with van der Waals surface area (Å²) in [6, 6.07) is 16.6. The van der Waals surface area contributed by atoms with Gasteiger partial charge in [0.15, 0.2) is 0 Å². The molecule has 6 nitrogen and oxygen atoms in total. The lowest BCUT2D eigenvalue weighted by atomic mass is 10.2. The minimum absolute atomic E-state index is 0.0267. The molecule has 0 spiro atoms. The molecule has 1 N–H and O–H groups in total. The number of imidazole rings is 1. The molecule has 1 aromatic heterocycles. The first-order valence-corrected chi connectivity index (χ1v) is 10.7. The Kier molecular flexibility index (Phi) is 6.16. The molecule has 158 valence electrons. The summed E-state index contributed by atoms with van der Waals surface area (Å²) in [5, 5.41) is 2.96. The third-order valence-electron chi connectivity index (χ3n) is 5.84. The molecule has 0 aliphatic carbocycles. The zero-order valence-corrected chi connectivity index (χ0v) is 18.1. The average Bonchev–Trinajstić information content (AvgIpc) is 3.05. The molecule has 0 bridgehead atoms. The van der Waals surface area contributed by atoms with Gasteiger partial charge in [-0.15, -0.1) is 0 Å². The number of benzene rings is 2. The first kappa shape index (κ1) is 20.6. The largest absolute Gasteiger partial charge is 0.330 e. The van der Waals surface area contributed by atoms with Crippen LogP contribution in [-0.4, -0.2) is 51.4 Å². The molecule has 2 heterocycles. The van der Waals surface area contributed by atoms with Gasteiger partial charge in [-0.3, -0.25) is 14.6 Å². The van der Waals surface area contributed by atoms with Crippen molar-refractivity contribution in [1.82, 2.24) is 19.4 Å². The van der Waals surface area contributed by atoms with Gasteiger partial charge in [-0.1, -0.05) is 44.2 Å². The molecular formula is C24H31N5O. The molecule has 0 saturated carbocycles. The maximum absolute atomic E-state index is 12.0. The van der Waals surface area contributed by atoms with Crippen molar-refractivity contribution in [2.45, 2.75) is 26.9 Å². The summed E-state index contributed by atoms with van der Waals surface area (Å²) in [5.74, 6) is 1.05. The number of carbonyl (C=O) groups excluding carboxylic acids is 1. The lowest BCUT2D eigenvalue weighted by Gasteiger charge is -2.34. The Bertz CT molecular complexity index is 1000. The molecule has 1 aliphatic heterocycles. The fourth-order valence-electron chi connectivity index (χ4n) is 3.90. The maximum Gasteiger partial charge on any atom is 0.226 e. The van der Waals surface area contributed by atoms with E-state index in [9.17, 15) is 4.79 Å². The molecule has 2 aromatic carbocycles. The highest BCUT2D eigenvalue weighted by Crippen LogP contribution is 2.21. The molecule has 6 heteroatoms. The lowest BCUT2D eigenvalue weighted by molar-refractivity contribution is -0.118. The standard InChI is InChI=1S/C24H31N5O/c1-18(2)24(30)25-20-9-10-22-21(15-20)26-23(27(22)3)17-29-13-11-28(12-14-29)16-19-7-5-4-6-8-19/h4-10,15,18H,11-14,16-17H2,1-3H3,(H,25,30). The van der Waals surface area contributed by atoms with E-state index in [-0.39, 0.29) is 11.8 Å². The molecule has 0 atom stereocenters. The molecule has 3 aromatic rings. The van der Waals surface area contributed by atoms with Gasteiger partial charge >= 0.3 is 0 Å². The Morgan fingerprint density at radius 2 is 1.67 bits per heavy atom. The van der Waals surface area contributed by atoms with Crippen LogP contribution in [0.3, 0.4) is 0 Å². The number of fused-ring (bicyclic) bond motifs is 1. The second-order valence-electron chi connectivity index (χ2n) is 8.47. The number of anilines is 1. The minimum Gasteiger partial charge on any atom is -0.330 e. The monoisotopic (exact) mass is 405 g/mol. The van der Waals surface area contributed by atoms with Crippen LogP contribution in [0.15, 0.2) is 48.5 Å². The molecule has 4 rings (SSSR count). The summed E-state index contributed by atoms with van der Waals surface area (Å²) in [4.78, 5) is 21.8. The molecule has 1 saturated heterocycles. The van der Waals surface area contributed by atoms with Crippen LogP contribution in [0.4, 0.5) is 5.69 Å². The summed E-state index contributed by atoms with van der Waals surface area (Å²) < 4.78 is 2.17. The van der Waals surface area contributed by atoms with Crippen molar-refractivity contribution in [2.75, 3.05) is 31.5 Å². The fraction of sp³-hybridized carbons (Fsp3) is 0.417. The van der Waals surface area contributed by atoms with E-state index in [1.165, 1.54) is 5.56 Å². The summed E-state index contributed by atoms with van der Waals surface area (Å²) in [5.41, 5.74) is 4.20. The van der Waals surface area contributed by atoms with E-state index in [0.717, 1.165) is 61.8 Å². The molecule has 1 amide bonds. The molecule has 1 aliphatic rings. The number of aryl methyl sites for hydroxylation is 1. The molecular weight excluding hydrogens is 374 g/mol. The average molecular weight is 406 g/mol. The second-order valence-corrected chi connectivity index (χ2v) is 8.47. The van der Waals surface area contributed by atoms with Crippen LogP contribution in [0.5, 0.6) is 0 Å². The molecule has 0 radical (unpaired) electrons. The minimum atomic E-state index is -0.0412. The van der Waals surface area contributed by atoms with E-state index in [4.69, 9.17) is 4.98 Å². The van der Waals surface area contributed by atoms with Crippen LogP contribution in [-0.2, 0) is 24.9 Å². The smallest absolute Gasteiger partial charge is 0.226 e. The van der Waals surface area contributed by atoms with Gasteiger partial charge in [-0.2, -0.15) is 0 Å². The normalized spacial score (nSPS) is 15.7. The van der Waals surface area contributed by atoms with E-state index in [1.54, 1.807) is 0 Å². The molecule has 0 unspecified atom stereocenters. The zero-order valence-electron chi connectivity index (χ0n) is 18.1. The lowest BCUT2D eigenvalue weighted by Crippen LogP contribution is -2.45. The predicted molar refractivity (Wildman–Crippen MR) is 121 cm³/mol. The summed E-state index contributed by atoms with van der Waals surface area (Å²) in [6.07, 6.45) is 0. The zero-order chi connectivity index (χ0) is 21.1. The Morgan fingerprint density at radius 3 is 2.33 bits per heavy atom. The van der Waals surface area contributed by atoms with Crippen molar-refractivity contribution < 1.29 is 4.79 Å². The van der Waals surface area contributed by atoms with E-state index >= 15 is 0 Å². The Hall–Kier alpha value is -2.70. The number of nitrogens with zero attached hydrogens (tertiary/aromatic N) is 4. The number of aromatic nitrogens is 2. The van der Waals surface area contributed by atoms with Gasteiger partial charge in [-0.05, 0) is 23.8 Å². The Balaban J connectivity index is 1.38. The van der Waals surface area contributed by atoms with E-state index in [1.807, 2.05) is 32.0 Å². The number of nitrogens with one attached hydrogen (secondary N) is 1. The highest BCUT2D eigenvalue weighted by Gasteiger charge is 2.19. The number of hydrogen-bond donors (Lipinski definition) is 1. The van der Waals surface area contributed by atoms with Crippen LogP contribution in [0.1, 0.15) is 25.2 Å².